The number of piperazine rings is 1. The first-order valence-corrected chi connectivity index (χ1v) is 5.97. The maximum atomic E-state index is 8.58. The molecule has 0 aliphatic carbocycles. The van der Waals surface area contributed by atoms with Gasteiger partial charge in [0.1, 0.15) is 0 Å². The van der Waals surface area contributed by atoms with Crippen LogP contribution in [0.3, 0.4) is 0 Å². The molecule has 0 radical (unpaired) electrons. The van der Waals surface area contributed by atoms with E-state index in [1.807, 2.05) is 18.2 Å². The Kier molecular flexibility index (Phi) is 4.31. The molecule has 3 nitrogen and oxygen atoms in total. The summed E-state index contributed by atoms with van der Waals surface area (Å²) in [6.07, 6.45) is 3.42. The predicted molar refractivity (Wildman–Crippen MR) is 69.2 cm³/mol. The summed E-state index contributed by atoms with van der Waals surface area (Å²) in [5.41, 5.74) is 2.44. The summed E-state index contributed by atoms with van der Waals surface area (Å²) < 4.78 is 0. The highest BCUT2D eigenvalue weighted by molar-refractivity contribution is 5.55. The van der Waals surface area contributed by atoms with Crippen molar-refractivity contribution in [3.8, 4) is 6.07 Å². The molecule has 17 heavy (non-hydrogen) atoms. The average molecular weight is 227 g/mol. The van der Waals surface area contributed by atoms with Gasteiger partial charge in [-0.25, -0.2) is 0 Å². The van der Waals surface area contributed by atoms with Crippen LogP contribution in [-0.4, -0.2) is 31.1 Å². The minimum atomic E-state index is 0.966. The van der Waals surface area contributed by atoms with E-state index in [-0.39, 0.29) is 0 Å². The smallest absolute Gasteiger partial charge is 0.0912 e. The standard InChI is InChI=1S/C14H17N3/c15-7-3-6-13-4-1-2-5-14(13)12-17-10-8-16-9-11-17/h1-6,16H,8-12H2/b6-3+. The summed E-state index contributed by atoms with van der Waals surface area (Å²) in [6.45, 7) is 5.28. The van der Waals surface area contributed by atoms with Crippen LogP contribution in [0.15, 0.2) is 30.3 Å². The minimum absolute atomic E-state index is 0.966. The molecule has 0 bridgehead atoms. The van der Waals surface area contributed by atoms with Crippen molar-refractivity contribution in [3.05, 3.63) is 41.5 Å². The minimum Gasteiger partial charge on any atom is -0.314 e. The van der Waals surface area contributed by atoms with Crippen molar-refractivity contribution in [3.63, 3.8) is 0 Å². The van der Waals surface area contributed by atoms with E-state index in [1.165, 1.54) is 11.6 Å². The van der Waals surface area contributed by atoms with Crippen molar-refractivity contribution >= 4 is 6.08 Å². The van der Waals surface area contributed by atoms with Gasteiger partial charge in [-0.1, -0.05) is 24.3 Å². The number of nitrogens with one attached hydrogen (secondary N) is 1. The molecule has 0 aromatic heterocycles. The molecule has 1 heterocycles. The number of allylic oxidation sites excluding steroid dienone is 1. The Morgan fingerprint density at radius 3 is 2.82 bits per heavy atom. The largest absolute Gasteiger partial charge is 0.314 e. The number of rotatable bonds is 3. The van der Waals surface area contributed by atoms with Crippen molar-refractivity contribution in [1.82, 2.24) is 10.2 Å². The van der Waals surface area contributed by atoms with Gasteiger partial charge in [0.15, 0.2) is 0 Å². The number of nitrogens with zero attached hydrogens (tertiary/aromatic N) is 2. The van der Waals surface area contributed by atoms with E-state index < -0.39 is 0 Å². The molecule has 3 heteroatoms. The summed E-state index contributed by atoms with van der Waals surface area (Å²) in [6, 6.07) is 10.3. The molecule has 0 spiro atoms. The van der Waals surface area contributed by atoms with Crippen LogP contribution in [-0.2, 0) is 6.54 Å². The Balaban J connectivity index is 2.09. The molecule has 0 amide bonds. The lowest BCUT2D eigenvalue weighted by Gasteiger charge is -2.27. The third-order valence-electron chi connectivity index (χ3n) is 3.00. The number of benzene rings is 1. The Bertz CT molecular complexity index is 425. The van der Waals surface area contributed by atoms with E-state index >= 15 is 0 Å². The van der Waals surface area contributed by atoms with Gasteiger partial charge in [0.25, 0.3) is 0 Å². The Morgan fingerprint density at radius 2 is 2.06 bits per heavy atom. The molecule has 2 rings (SSSR count). The van der Waals surface area contributed by atoms with Gasteiger partial charge < -0.3 is 5.32 Å². The summed E-state index contributed by atoms with van der Waals surface area (Å²) in [5, 5.41) is 11.9. The van der Waals surface area contributed by atoms with Crippen molar-refractivity contribution in [1.29, 1.82) is 5.26 Å². The van der Waals surface area contributed by atoms with Crippen molar-refractivity contribution < 1.29 is 0 Å². The summed E-state index contributed by atoms with van der Waals surface area (Å²) >= 11 is 0. The second-order valence-corrected chi connectivity index (χ2v) is 4.19. The van der Waals surface area contributed by atoms with Crippen LogP contribution in [0.1, 0.15) is 11.1 Å². The lowest BCUT2D eigenvalue weighted by molar-refractivity contribution is 0.233. The Labute approximate surface area is 102 Å². The van der Waals surface area contributed by atoms with E-state index in [1.54, 1.807) is 0 Å². The van der Waals surface area contributed by atoms with Crippen LogP contribution in [0.5, 0.6) is 0 Å². The average Bonchev–Trinajstić information content (AvgIpc) is 2.39. The SMILES string of the molecule is N#C/C=C/c1ccccc1CN1CCNCC1. The van der Waals surface area contributed by atoms with E-state index in [9.17, 15) is 0 Å². The topological polar surface area (TPSA) is 39.1 Å². The molecule has 1 aliphatic rings. The summed E-state index contributed by atoms with van der Waals surface area (Å²) in [7, 11) is 0. The van der Waals surface area contributed by atoms with Crippen molar-refractivity contribution in [2.45, 2.75) is 6.54 Å². The fourth-order valence-corrected chi connectivity index (χ4v) is 2.08. The maximum absolute atomic E-state index is 8.58. The third kappa shape index (κ3) is 3.42. The highest BCUT2D eigenvalue weighted by Crippen LogP contribution is 2.13. The molecule has 1 aromatic rings. The van der Waals surface area contributed by atoms with Crippen LogP contribution in [0, 0.1) is 11.3 Å². The van der Waals surface area contributed by atoms with E-state index in [0.717, 1.165) is 38.3 Å². The summed E-state index contributed by atoms with van der Waals surface area (Å²) in [5.74, 6) is 0. The molecule has 1 aliphatic heterocycles. The normalized spacial score (nSPS) is 17.1. The molecule has 0 saturated carbocycles. The zero-order valence-electron chi connectivity index (χ0n) is 9.89. The highest BCUT2D eigenvalue weighted by atomic mass is 15.2. The van der Waals surface area contributed by atoms with Gasteiger partial charge in [0, 0.05) is 38.8 Å². The molecule has 1 aromatic carbocycles. The fourth-order valence-electron chi connectivity index (χ4n) is 2.08. The van der Waals surface area contributed by atoms with Gasteiger partial charge >= 0.3 is 0 Å². The van der Waals surface area contributed by atoms with Crippen LogP contribution >= 0.6 is 0 Å². The molecular weight excluding hydrogens is 210 g/mol. The molecule has 1 saturated heterocycles. The van der Waals surface area contributed by atoms with Crippen molar-refractivity contribution in [2.24, 2.45) is 0 Å². The van der Waals surface area contributed by atoms with Crippen LogP contribution in [0.25, 0.3) is 6.08 Å². The molecule has 1 N–H and O–H groups in total. The van der Waals surface area contributed by atoms with Crippen molar-refractivity contribution in [2.75, 3.05) is 26.2 Å². The lowest BCUT2D eigenvalue weighted by atomic mass is 10.1. The van der Waals surface area contributed by atoms with Gasteiger partial charge in [-0.2, -0.15) is 5.26 Å². The zero-order valence-corrected chi connectivity index (χ0v) is 9.89. The summed E-state index contributed by atoms with van der Waals surface area (Å²) in [4.78, 5) is 2.44. The Hall–Kier alpha value is -1.63. The number of hydrogen-bond acceptors (Lipinski definition) is 3. The first kappa shape index (κ1) is 11.8. The number of nitriles is 1. The number of hydrogen-bond donors (Lipinski definition) is 1. The first-order chi connectivity index (χ1) is 8.40. The molecule has 0 unspecified atom stereocenters. The first-order valence-electron chi connectivity index (χ1n) is 5.97. The quantitative estimate of drug-likeness (QED) is 0.798. The second-order valence-electron chi connectivity index (χ2n) is 4.19. The monoisotopic (exact) mass is 227 g/mol. The highest BCUT2D eigenvalue weighted by Gasteiger charge is 2.10. The molecule has 1 fully saturated rings. The van der Waals surface area contributed by atoms with Crippen LogP contribution < -0.4 is 5.32 Å². The third-order valence-corrected chi connectivity index (χ3v) is 3.00. The van der Waals surface area contributed by atoms with Gasteiger partial charge in [-0.3, -0.25) is 4.90 Å². The van der Waals surface area contributed by atoms with Crippen LogP contribution in [0.2, 0.25) is 0 Å². The van der Waals surface area contributed by atoms with Gasteiger partial charge in [-0.05, 0) is 17.2 Å². The molecular formula is C14H17N3. The van der Waals surface area contributed by atoms with Gasteiger partial charge in [-0.15, -0.1) is 0 Å². The van der Waals surface area contributed by atoms with E-state index in [0.29, 0.717) is 0 Å². The fraction of sp³-hybridized carbons (Fsp3) is 0.357. The lowest BCUT2D eigenvalue weighted by Crippen LogP contribution is -2.42. The van der Waals surface area contributed by atoms with Gasteiger partial charge in [0.2, 0.25) is 0 Å². The van der Waals surface area contributed by atoms with Crippen LogP contribution in [0.4, 0.5) is 0 Å². The maximum Gasteiger partial charge on any atom is 0.0912 e. The molecule has 0 atom stereocenters. The Morgan fingerprint density at radius 1 is 1.29 bits per heavy atom. The second kappa shape index (κ2) is 6.19. The molecule has 88 valence electrons. The predicted octanol–water partition coefficient (Wildman–Crippen LogP) is 1.63. The zero-order chi connectivity index (χ0) is 11.9. The van der Waals surface area contributed by atoms with Gasteiger partial charge in [0.05, 0.1) is 6.07 Å². The van der Waals surface area contributed by atoms with E-state index in [2.05, 4.69) is 28.4 Å². The van der Waals surface area contributed by atoms with E-state index in [4.69, 9.17) is 5.26 Å².